The van der Waals surface area contributed by atoms with Crippen LogP contribution in [-0.2, 0) is 4.79 Å². The Balaban J connectivity index is 2.90. The van der Waals surface area contributed by atoms with Gasteiger partial charge in [0.15, 0.2) is 0 Å². The minimum Gasteiger partial charge on any atom is -0.300 e. The summed E-state index contributed by atoms with van der Waals surface area (Å²) in [7, 11) is 0. The van der Waals surface area contributed by atoms with Crippen molar-refractivity contribution in [2.45, 2.75) is 84.0 Å². The molecule has 0 fully saturated rings. The Hall–Kier alpha value is -0.330. The van der Waals surface area contributed by atoms with Gasteiger partial charge < -0.3 is 4.79 Å². The van der Waals surface area contributed by atoms with Crippen LogP contribution in [0.5, 0.6) is 0 Å². The summed E-state index contributed by atoms with van der Waals surface area (Å²) < 4.78 is 0. The van der Waals surface area contributed by atoms with Crippen LogP contribution in [0.15, 0.2) is 0 Å². The molecular weight excluding hydrogens is 196 g/mol. The van der Waals surface area contributed by atoms with E-state index in [2.05, 4.69) is 6.92 Å². The molecule has 0 rings (SSSR count). The number of hydrogen-bond acceptors (Lipinski definition) is 1. The Morgan fingerprint density at radius 1 is 0.750 bits per heavy atom. The topological polar surface area (TPSA) is 17.1 Å². The third kappa shape index (κ3) is 13.7. The molecule has 0 saturated heterocycles. The predicted octanol–water partition coefficient (Wildman–Crippen LogP) is 5.09. The highest BCUT2D eigenvalue weighted by atomic mass is 16.1. The van der Waals surface area contributed by atoms with E-state index in [-0.39, 0.29) is 0 Å². The van der Waals surface area contributed by atoms with E-state index in [1.807, 2.05) is 0 Å². The lowest BCUT2D eigenvalue weighted by molar-refractivity contribution is -0.117. The molecule has 0 heterocycles. The number of rotatable bonds is 12. The van der Waals surface area contributed by atoms with Gasteiger partial charge >= 0.3 is 0 Å². The molecule has 0 saturated carbocycles. The van der Waals surface area contributed by atoms with Crippen LogP contribution in [0.2, 0.25) is 0 Å². The van der Waals surface area contributed by atoms with Crippen molar-refractivity contribution in [2.24, 2.45) is 0 Å². The van der Waals surface area contributed by atoms with Gasteiger partial charge in [0.2, 0.25) is 0 Å². The fourth-order valence-corrected chi connectivity index (χ4v) is 1.96. The minimum absolute atomic E-state index is 0.338. The molecule has 0 unspecified atom stereocenters. The molecule has 0 aliphatic carbocycles. The van der Waals surface area contributed by atoms with E-state index in [1.54, 1.807) is 6.92 Å². The smallest absolute Gasteiger partial charge is 0.129 e. The molecule has 95 valence electrons. The summed E-state index contributed by atoms with van der Waals surface area (Å²) in [5.41, 5.74) is 0. The number of ketones is 1. The monoisotopic (exact) mass is 225 g/mol. The zero-order valence-electron chi connectivity index (χ0n) is 11.1. The molecule has 0 bridgehead atoms. The third-order valence-corrected chi connectivity index (χ3v) is 3.03. The van der Waals surface area contributed by atoms with Gasteiger partial charge in [-0.25, -0.2) is 0 Å². The van der Waals surface area contributed by atoms with Crippen LogP contribution in [0, 0.1) is 6.92 Å². The van der Waals surface area contributed by atoms with Gasteiger partial charge in [-0.2, -0.15) is 0 Å². The van der Waals surface area contributed by atoms with Gasteiger partial charge in [-0.3, -0.25) is 0 Å². The molecule has 1 radical (unpaired) electrons. The van der Waals surface area contributed by atoms with Crippen LogP contribution < -0.4 is 0 Å². The fraction of sp³-hybridized carbons (Fsp3) is 0.867. The molecule has 0 aromatic rings. The van der Waals surface area contributed by atoms with Crippen molar-refractivity contribution in [3.05, 3.63) is 6.92 Å². The SMILES string of the molecule is [CH2]CCCCCCCCCCCCC(C)=O. The number of carbonyl (C=O) groups excluding carboxylic acids is 1. The maximum absolute atomic E-state index is 10.7. The van der Waals surface area contributed by atoms with E-state index < -0.39 is 0 Å². The van der Waals surface area contributed by atoms with Crippen LogP contribution in [0.25, 0.3) is 0 Å². The molecule has 1 nitrogen and oxygen atoms in total. The lowest BCUT2D eigenvalue weighted by Crippen LogP contribution is -1.89. The molecule has 0 aliphatic rings. The van der Waals surface area contributed by atoms with E-state index in [9.17, 15) is 4.79 Å². The van der Waals surface area contributed by atoms with Gasteiger partial charge in [0.05, 0.1) is 0 Å². The highest BCUT2D eigenvalue weighted by molar-refractivity contribution is 5.75. The second-order valence-electron chi connectivity index (χ2n) is 4.84. The highest BCUT2D eigenvalue weighted by Crippen LogP contribution is 2.11. The van der Waals surface area contributed by atoms with Crippen molar-refractivity contribution in [1.29, 1.82) is 0 Å². The fourth-order valence-electron chi connectivity index (χ4n) is 1.96. The molecule has 0 aromatic heterocycles. The van der Waals surface area contributed by atoms with Crippen molar-refractivity contribution in [2.75, 3.05) is 0 Å². The normalized spacial score (nSPS) is 10.6. The van der Waals surface area contributed by atoms with Gasteiger partial charge in [-0.15, -0.1) is 0 Å². The van der Waals surface area contributed by atoms with Crippen LogP contribution in [0.1, 0.15) is 84.0 Å². The summed E-state index contributed by atoms with van der Waals surface area (Å²) in [6, 6.07) is 0. The van der Waals surface area contributed by atoms with Crippen LogP contribution in [0.3, 0.4) is 0 Å². The van der Waals surface area contributed by atoms with Gasteiger partial charge in [-0.05, 0) is 13.3 Å². The molecule has 0 atom stereocenters. The lowest BCUT2D eigenvalue weighted by atomic mass is 10.0. The molecule has 0 spiro atoms. The molecule has 1 heteroatoms. The molecule has 0 aromatic carbocycles. The van der Waals surface area contributed by atoms with E-state index in [1.165, 1.54) is 57.8 Å². The second-order valence-corrected chi connectivity index (χ2v) is 4.84. The van der Waals surface area contributed by atoms with Gasteiger partial charge in [0.1, 0.15) is 5.78 Å². The van der Waals surface area contributed by atoms with Gasteiger partial charge in [0, 0.05) is 6.42 Å². The van der Waals surface area contributed by atoms with Crippen molar-refractivity contribution in [3.8, 4) is 0 Å². The Morgan fingerprint density at radius 2 is 1.12 bits per heavy atom. The number of carbonyl (C=O) groups is 1. The highest BCUT2D eigenvalue weighted by Gasteiger charge is 1.94. The average Bonchev–Trinajstić information content (AvgIpc) is 2.25. The van der Waals surface area contributed by atoms with E-state index in [4.69, 9.17) is 0 Å². The van der Waals surface area contributed by atoms with Crippen molar-refractivity contribution >= 4 is 5.78 Å². The van der Waals surface area contributed by atoms with Crippen LogP contribution >= 0.6 is 0 Å². The van der Waals surface area contributed by atoms with Gasteiger partial charge in [0.25, 0.3) is 0 Å². The first-order valence-electron chi connectivity index (χ1n) is 7.06. The van der Waals surface area contributed by atoms with Crippen molar-refractivity contribution < 1.29 is 4.79 Å². The number of unbranched alkanes of at least 4 members (excludes halogenated alkanes) is 10. The zero-order chi connectivity index (χ0) is 12.1. The standard InChI is InChI=1S/C15H29O/c1-3-4-5-6-7-8-9-10-11-12-13-14-15(2)16/h1,3-14H2,2H3. The molecule has 0 N–H and O–H groups in total. The maximum atomic E-state index is 10.7. The van der Waals surface area contributed by atoms with Crippen LogP contribution in [-0.4, -0.2) is 5.78 Å². The first-order chi connectivity index (χ1) is 7.77. The molecular formula is C15H29O. The Kier molecular flexibility index (Phi) is 12.5. The number of hydrogen-bond donors (Lipinski definition) is 0. The largest absolute Gasteiger partial charge is 0.300 e. The zero-order valence-corrected chi connectivity index (χ0v) is 11.1. The Bertz CT molecular complexity index is 152. The summed E-state index contributed by atoms with van der Waals surface area (Å²) in [6.45, 7) is 5.54. The van der Waals surface area contributed by atoms with E-state index >= 15 is 0 Å². The summed E-state index contributed by atoms with van der Waals surface area (Å²) >= 11 is 0. The van der Waals surface area contributed by atoms with Crippen molar-refractivity contribution in [1.82, 2.24) is 0 Å². The quantitative estimate of drug-likeness (QED) is 0.423. The Labute approximate surface area is 102 Å². The average molecular weight is 225 g/mol. The van der Waals surface area contributed by atoms with Crippen LogP contribution in [0.4, 0.5) is 0 Å². The summed E-state index contributed by atoms with van der Waals surface area (Å²) in [5.74, 6) is 0.338. The predicted molar refractivity (Wildman–Crippen MR) is 71.4 cm³/mol. The first-order valence-corrected chi connectivity index (χ1v) is 7.06. The second kappa shape index (κ2) is 12.7. The minimum atomic E-state index is 0.338. The molecule has 0 amide bonds. The summed E-state index contributed by atoms with van der Waals surface area (Å²) in [6.07, 6.45) is 15.1. The lowest BCUT2D eigenvalue weighted by Gasteiger charge is -2.01. The maximum Gasteiger partial charge on any atom is 0.129 e. The first kappa shape index (κ1) is 15.7. The van der Waals surface area contributed by atoms with Gasteiger partial charge in [-0.1, -0.05) is 71.1 Å². The molecule has 16 heavy (non-hydrogen) atoms. The molecule has 0 aliphatic heterocycles. The van der Waals surface area contributed by atoms with E-state index in [0.29, 0.717) is 5.78 Å². The third-order valence-electron chi connectivity index (χ3n) is 3.03. The summed E-state index contributed by atoms with van der Waals surface area (Å²) in [4.78, 5) is 10.7. The summed E-state index contributed by atoms with van der Waals surface area (Å²) in [5, 5.41) is 0. The van der Waals surface area contributed by atoms with Crippen molar-refractivity contribution in [3.63, 3.8) is 0 Å². The number of Topliss-reactive ketones (excluding diaryl/α,β-unsaturated/α-hetero) is 1. The Morgan fingerprint density at radius 3 is 1.50 bits per heavy atom. The van der Waals surface area contributed by atoms with E-state index in [0.717, 1.165) is 19.3 Å².